The Morgan fingerprint density at radius 2 is 1.88 bits per heavy atom. The van der Waals surface area contributed by atoms with Crippen LogP contribution in [0.15, 0.2) is 36.4 Å². The Morgan fingerprint density at radius 3 is 2.47 bits per heavy atom. The fraction of sp³-hybridized carbons (Fsp3) is 0.417. The van der Waals surface area contributed by atoms with Gasteiger partial charge in [-0.2, -0.15) is 0 Å². The summed E-state index contributed by atoms with van der Waals surface area (Å²) in [6.45, 7) is 5.81. The lowest BCUT2D eigenvalue weighted by Crippen LogP contribution is -2.45. The number of aldehydes is 1. The summed E-state index contributed by atoms with van der Waals surface area (Å²) < 4.78 is 19.4. The number of hydrogen-bond acceptors (Lipinski definition) is 4. The van der Waals surface area contributed by atoms with Crippen molar-refractivity contribution in [2.45, 2.75) is 51.7 Å². The molecule has 32 heavy (non-hydrogen) atoms. The van der Waals surface area contributed by atoms with Crippen LogP contribution in [-0.4, -0.2) is 30.6 Å². The van der Waals surface area contributed by atoms with E-state index in [1.54, 1.807) is 45.0 Å². The Labute approximate surface area is 197 Å². The Hall–Kier alpha value is -2.31. The van der Waals surface area contributed by atoms with Gasteiger partial charge in [-0.05, 0) is 69.7 Å². The van der Waals surface area contributed by atoms with Gasteiger partial charge in [0.05, 0.1) is 21.8 Å². The molecule has 2 aromatic rings. The summed E-state index contributed by atoms with van der Waals surface area (Å²) in [5.74, 6) is -0.0972. The van der Waals surface area contributed by atoms with Crippen molar-refractivity contribution in [3.05, 3.63) is 57.8 Å². The lowest BCUT2D eigenvalue weighted by Gasteiger charge is -2.39. The lowest BCUT2D eigenvalue weighted by molar-refractivity contribution is -0.109. The molecule has 2 atom stereocenters. The van der Waals surface area contributed by atoms with Gasteiger partial charge < -0.3 is 14.4 Å². The van der Waals surface area contributed by atoms with E-state index < -0.39 is 11.7 Å². The Morgan fingerprint density at radius 1 is 1.22 bits per heavy atom. The maximum atomic E-state index is 14.1. The van der Waals surface area contributed by atoms with Gasteiger partial charge in [0.15, 0.2) is 0 Å². The Bertz CT molecular complexity index is 970. The smallest absolute Gasteiger partial charge is 0.412 e. The standard InChI is InChI=1S/C24H27Cl2FN2O3/c1-24(2,3)32-23(31)28-17-11-19(25)22(20(26)12-17)29-13-15(8-9-18(29)14-30)10-16-6-4-5-7-21(16)27/h4-7,11-12,14-15,18H,8-10,13H2,1-3H3,(H,28,31). The minimum atomic E-state index is -0.643. The van der Waals surface area contributed by atoms with Gasteiger partial charge in [0, 0.05) is 12.2 Å². The monoisotopic (exact) mass is 480 g/mol. The normalized spacial score (nSPS) is 18.9. The van der Waals surface area contributed by atoms with E-state index in [0.717, 1.165) is 12.7 Å². The molecule has 5 nitrogen and oxygen atoms in total. The molecule has 2 aromatic carbocycles. The molecular formula is C24H27Cl2FN2O3. The van der Waals surface area contributed by atoms with Crippen molar-refractivity contribution < 1.29 is 18.7 Å². The maximum absolute atomic E-state index is 14.1. The molecule has 1 fully saturated rings. The largest absolute Gasteiger partial charge is 0.444 e. The summed E-state index contributed by atoms with van der Waals surface area (Å²) in [5.41, 5.74) is 0.922. The minimum Gasteiger partial charge on any atom is -0.444 e. The highest BCUT2D eigenvalue weighted by atomic mass is 35.5. The zero-order chi connectivity index (χ0) is 23.5. The van der Waals surface area contributed by atoms with Crippen molar-refractivity contribution in [3.8, 4) is 0 Å². The average molecular weight is 481 g/mol. The molecule has 3 rings (SSSR count). The van der Waals surface area contributed by atoms with E-state index in [2.05, 4.69) is 5.32 Å². The first-order chi connectivity index (χ1) is 15.1. The number of carbonyl (C=O) groups excluding carboxylic acids is 2. The summed E-state index contributed by atoms with van der Waals surface area (Å²) in [6.07, 6.45) is 2.24. The van der Waals surface area contributed by atoms with E-state index in [0.29, 0.717) is 46.4 Å². The number of amides is 1. The van der Waals surface area contributed by atoms with Crippen LogP contribution in [0.25, 0.3) is 0 Å². The lowest BCUT2D eigenvalue weighted by atomic mass is 9.87. The van der Waals surface area contributed by atoms with Crippen molar-refractivity contribution in [2.75, 3.05) is 16.8 Å². The van der Waals surface area contributed by atoms with Crippen molar-refractivity contribution >= 4 is 47.0 Å². The van der Waals surface area contributed by atoms with Crippen molar-refractivity contribution in [3.63, 3.8) is 0 Å². The molecule has 1 saturated heterocycles. The number of carbonyl (C=O) groups is 2. The summed E-state index contributed by atoms with van der Waals surface area (Å²) in [4.78, 5) is 25.7. The highest BCUT2D eigenvalue weighted by Crippen LogP contribution is 2.40. The number of piperidine rings is 1. The number of nitrogens with one attached hydrogen (secondary N) is 1. The van der Waals surface area contributed by atoms with Gasteiger partial charge in [-0.25, -0.2) is 9.18 Å². The number of hydrogen-bond donors (Lipinski definition) is 1. The fourth-order valence-corrected chi connectivity index (χ4v) is 4.65. The molecule has 1 aliphatic rings. The third kappa shape index (κ3) is 6.14. The van der Waals surface area contributed by atoms with Crippen LogP contribution in [0.1, 0.15) is 39.2 Å². The van der Waals surface area contributed by atoms with Crippen LogP contribution in [0.3, 0.4) is 0 Å². The van der Waals surface area contributed by atoms with E-state index in [4.69, 9.17) is 27.9 Å². The number of nitrogens with zero attached hydrogens (tertiary/aromatic N) is 1. The molecule has 0 spiro atoms. The number of anilines is 2. The summed E-state index contributed by atoms with van der Waals surface area (Å²) in [5, 5.41) is 3.24. The summed E-state index contributed by atoms with van der Waals surface area (Å²) in [6, 6.07) is 9.49. The van der Waals surface area contributed by atoms with E-state index in [1.165, 1.54) is 6.07 Å². The van der Waals surface area contributed by atoms with E-state index >= 15 is 0 Å². The molecule has 0 saturated carbocycles. The molecule has 0 radical (unpaired) electrons. The maximum Gasteiger partial charge on any atom is 0.412 e. The van der Waals surface area contributed by atoms with E-state index in [-0.39, 0.29) is 17.8 Å². The molecule has 1 amide bonds. The molecular weight excluding hydrogens is 454 g/mol. The van der Waals surface area contributed by atoms with Crippen LogP contribution < -0.4 is 10.2 Å². The first-order valence-electron chi connectivity index (χ1n) is 10.5. The SMILES string of the molecule is CC(C)(C)OC(=O)Nc1cc(Cl)c(N2CC(Cc3ccccc3F)CCC2C=O)c(Cl)c1. The predicted octanol–water partition coefficient (Wildman–Crippen LogP) is 6.51. The average Bonchev–Trinajstić information content (AvgIpc) is 2.68. The van der Waals surface area contributed by atoms with E-state index in [1.807, 2.05) is 11.0 Å². The van der Waals surface area contributed by atoms with Gasteiger partial charge in [-0.3, -0.25) is 5.32 Å². The number of rotatable bonds is 5. The number of halogens is 3. The van der Waals surface area contributed by atoms with Gasteiger partial charge >= 0.3 is 6.09 Å². The van der Waals surface area contributed by atoms with Gasteiger partial charge in [-0.15, -0.1) is 0 Å². The summed E-state index contributed by atoms with van der Waals surface area (Å²) >= 11 is 13.1. The molecule has 0 bridgehead atoms. The zero-order valence-corrected chi connectivity index (χ0v) is 19.8. The van der Waals surface area contributed by atoms with Crippen LogP contribution in [0.5, 0.6) is 0 Å². The number of ether oxygens (including phenoxy) is 1. The second-order valence-electron chi connectivity index (χ2n) is 9.01. The van der Waals surface area contributed by atoms with Crippen molar-refractivity contribution in [1.82, 2.24) is 0 Å². The topological polar surface area (TPSA) is 58.6 Å². The van der Waals surface area contributed by atoms with Crippen LogP contribution >= 0.6 is 23.2 Å². The van der Waals surface area contributed by atoms with Gasteiger partial charge in [0.2, 0.25) is 0 Å². The summed E-state index contributed by atoms with van der Waals surface area (Å²) in [7, 11) is 0. The predicted molar refractivity (Wildman–Crippen MR) is 126 cm³/mol. The molecule has 0 aliphatic carbocycles. The molecule has 0 aromatic heterocycles. The zero-order valence-electron chi connectivity index (χ0n) is 18.3. The van der Waals surface area contributed by atoms with Crippen molar-refractivity contribution in [1.29, 1.82) is 0 Å². The van der Waals surface area contributed by atoms with Crippen LogP contribution in [0.2, 0.25) is 10.0 Å². The highest BCUT2D eigenvalue weighted by Gasteiger charge is 2.31. The third-order valence-corrected chi connectivity index (χ3v) is 5.88. The van der Waals surface area contributed by atoms with Crippen LogP contribution in [-0.2, 0) is 16.0 Å². The fourth-order valence-electron chi connectivity index (χ4n) is 3.94. The second-order valence-corrected chi connectivity index (χ2v) is 9.82. The molecule has 8 heteroatoms. The van der Waals surface area contributed by atoms with Crippen LogP contribution in [0.4, 0.5) is 20.6 Å². The first-order valence-corrected chi connectivity index (χ1v) is 11.3. The van der Waals surface area contributed by atoms with Crippen molar-refractivity contribution in [2.24, 2.45) is 5.92 Å². The molecule has 1 heterocycles. The third-order valence-electron chi connectivity index (χ3n) is 5.30. The number of benzene rings is 2. The quantitative estimate of drug-likeness (QED) is 0.495. The Kier molecular flexibility index (Phi) is 7.67. The molecule has 1 N–H and O–H groups in total. The first kappa shape index (κ1) is 24.3. The van der Waals surface area contributed by atoms with Gasteiger partial charge in [0.1, 0.15) is 17.7 Å². The highest BCUT2D eigenvalue weighted by molar-refractivity contribution is 6.39. The molecule has 1 aliphatic heterocycles. The Balaban J connectivity index is 1.81. The second kappa shape index (κ2) is 10.1. The molecule has 172 valence electrons. The van der Waals surface area contributed by atoms with E-state index in [9.17, 15) is 14.0 Å². The molecule has 2 unspecified atom stereocenters. The van der Waals surface area contributed by atoms with Gasteiger partial charge in [0.25, 0.3) is 0 Å². The van der Waals surface area contributed by atoms with Gasteiger partial charge in [-0.1, -0.05) is 41.4 Å². The minimum absolute atomic E-state index is 0.134. The van der Waals surface area contributed by atoms with Crippen LogP contribution in [0, 0.1) is 11.7 Å².